The third-order valence-corrected chi connectivity index (χ3v) is 4.58. The van der Waals surface area contributed by atoms with Crippen LogP contribution in [0.4, 0.5) is 0 Å². The summed E-state index contributed by atoms with van der Waals surface area (Å²) in [6.45, 7) is 0.427. The number of nitrogens with one attached hydrogen (secondary N) is 1. The molecule has 7 N–H and O–H groups in total. The van der Waals surface area contributed by atoms with Gasteiger partial charge < -0.3 is 21.3 Å². The lowest BCUT2D eigenvalue weighted by atomic mass is 10.1. The first-order chi connectivity index (χ1) is 10.8. The van der Waals surface area contributed by atoms with E-state index in [1.54, 1.807) is 0 Å². The standard InChI is InChI=1S/C13H21N3O5S2/c14-6-2-1-3-11(15)13(17)16-8-9-4-5-10(22-18)7-12(9)23(19,20)21/h4-5,7,11,18H,1-3,6,8,14-15H2,(H,16,17)(H,19,20,21). The van der Waals surface area contributed by atoms with Gasteiger partial charge in [-0.3, -0.25) is 9.35 Å². The van der Waals surface area contributed by atoms with Crippen LogP contribution in [0.5, 0.6) is 0 Å². The second kappa shape index (κ2) is 9.21. The van der Waals surface area contributed by atoms with Gasteiger partial charge >= 0.3 is 0 Å². The van der Waals surface area contributed by atoms with Crippen molar-refractivity contribution < 1.29 is 22.3 Å². The minimum absolute atomic E-state index is 0.102. The van der Waals surface area contributed by atoms with Gasteiger partial charge in [0.05, 0.1) is 6.04 Å². The van der Waals surface area contributed by atoms with Crippen LogP contribution < -0.4 is 16.8 Å². The van der Waals surface area contributed by atoms with Gasteiger partial charge in [0.1, 0.15) is 4.90 Å². The highest BCUT2D eigenvalue weighted by atomic mass is 32.2. The summed E-state index contributed by atoms with van der Waals surface area (Å²) in [5, 5.41) is 2.54. The molecule has 0 heterocycles. The first kappa shape index (κ1) is 19.9. The summed E-state index contributed by atoms with van der Waals surface area (Å²) in [5.41, 5.74) is 11.3. The van der Waals surface area contributed by atoms with Gasteiger partial charge in [0, 0.05) is 23.5 Å². The Labute approximate surface area is 139 Å². The summed E-state index contributed by atoms with van der Waals surface area (Å²) in [7, 11) is -4.47. The fourth-order valence-electron chi connectivity index (χ4n) is 1.93. The molecule has 0 saturated heterocycles. The molecule has 0 bridgehead atoms. The lowest BCUT2D eigenvalue weighted by molar-refractivity contribution is -0.122. The molecule has 0 saturated carbocycles. The van der Waals surface area contributed by atoms with Crippen LogP contribution in [0.3, 0.4) is 0 Å². The van der Waals surface area contributed by atoms with Crippen molar-refractivity contribution >= 4 is 28.1 Å². The first-order valence-electron chi connectivity index (χ1n) is 6.94. The molecule has 23 heavy (non-hydrogen) atoms. The van der Waals surface area contributed by atoms with Crippen molar-refractivity contribution in [1.29, 1.82) is 0 Å². The maximum absolute atomic E-state index is 11.9. The topological polar surface area (TPSA) is 156 Å². The molecule has 8 nitrogen and oxygen atoms in total. The average Bonchev–Trinajstić information content (AvgIpc) is 2.51. The Kier molecular flexibility index (Phi) is 7.95. The van der Waals surface area contributed by atoms with Gasteiger partial charge in [0.25, 0.3) is 10.1 Å². The molecule has 1 aromatic carbocycles. The Morgan fingerprint density at radius 3 is 2.61 bits per heavy atom. The molecule has 0 aliphatic rings. The van der Waals surface area contributed by atoms with Crippen LogP contribution in [0.1, 0.15) is 24.8 Å². The maximum Gasteiger partial charge on any atom is 0.294 e. The third kappa shape index (κ3) is 6.45. The third-order valence-electron chi connectivity index (χ3n) is 3.18. The van der Waals surface area contributed by atoms with Crippen molar-refractivity contribution in [2.75, 3.05) is 6.54 Å². The van der Waals surface area contributed by atoms with Crippen molar-refractivity contribution in [1.82, 2.24) is 5.32 Å². The number of carbonyl (C=O) groups is 1. The summed E-state index contributed by atoms with van der Waals surface area (Å²) in [5.74, 6) is -0.413. The molecule has 0 radical (unpaired) electrons. The highest BCUT2D eigenvalue weighted by molar-refractivity contribution is 7.93. The molecule has 1 amide bonds. The second-order valence-electron chi connectivity index (χ2n) is 4.94. The van der Waals surface area contributed by atoms with Crippen LogP contribution >= 0.6 is 12.0 Å². The molecule has 0 aromatic heterocycles. The molecule has 10 heteroatoms. The van der Waals surface area contributed by atoms with Gasteiger partial charge in [-0.1, -0.05) is 12.5 Å². The SMILES string of the molecule is NCCCCC(N)C(=O)NCc1ccc(SO)cc1S(=O)(=O)O. The predicted octanol–water partition coefficient (Wildman–Crippen LogP) is 0.571. The van der Waals surface area contributed by atoms with Crippen molar-refractivity contribution in [3.63, 3.8) is 0 Å². The molecule has 1 unspecified atom stereocenters. The Morgan fingerprint density at radius 2 is 2.04 bits per heavy atom. The van der Waals surface area contributed by atoms with Crippen LogP contribution in [0.2, 0.25) is 0 Å². The molecular formula is C13H21N3O5S2. The molecule has 0 fully saturated rings. The lowest BCUT2D eigenvalue weighted by Gasteiger charge is -2.13. The van der Waals surface area contributed by atoms with Crippen molar-refractivity contribution in [2.24, 2.45) is 11.5 Å². The van der Waals surface area contributed by atoms with Gasteiger partial charge in [-0.2, -0.15) is 8.42 Å². The molecule has 0 spiro atoms. The van der Waals surface area contributed by atoms with Crippen LogP contribution in [-0.4, -0.2) is 36.0 Å². The monoisotopic (exact) mass is 363 g/mol. The van der Waals surface area contributed by atoms with E-state index in [9.17, 15) is 17.8 Å². The molecule has 0 aliphatic carbocycles. The van der Waals surface area contributed by atoms with E-state index in [4.69, 9.17) is 16.0 Å². The van der Waals surface area contributed by atoms with E-state index in [2.05, 4.69) is 5.32 Å². The fraction of sp³-hybridized carbons (Fsp3) is 0.462. The predicted molar refractivity (Wildman–Crippen MR) is 87.5 cm³/mol. The van der Waals surface area contributed by atoms with E-state index < -0.39 is 22.1 Å². The largest absolute Gasteiger partial charge is 0.351 e. The normalized spacial score (nSPS) is 12.9. The Bertz CT molecular complexity index is 636. The summed E-state index contributed by atoms with van der Waals surface area (Å²) < 4.78 is 41.0. The lowest BCUT2D eigenvalue weighted by Crippen LogP contribution is -2.40. The summed E-state index contributed by atoms with van der Waals surface area (Å²) >= 11 is 0.355. The minimum atomic E-state index is -4.47. The van der Waals surface area contributed by atoms with E-state index in [1.165, 1.54) is 12.1 Å². The summed E-state index contributed by atoms with van der Waals surface area (Å²) in [6.07, 6.45) is 1.98. The second-order valence-corrected chi connectivity index (χ2v) is 6.99. The van der Waals surface area contributed by atoms with Gasteiger partial charge in [-0.15, -0.1) is 0 Å². The number of amides is 1. The van der Waals surface area contributed by atoms with E-state index in [-0.39, 0.29) is 21.9 Å². The summed E-state index contributed by atoms with van der Waals surface area (Å²) in [6, 6.07) is 3.30. The number of carbonyl (C=O) groups excluding carboxylic acids is 1. The van der Waals surface area contributed by atoms with E-state index in [1.807, 2.05) is 0 Å². The van der Waals surface area contributed by atoms with Crippen molar-refractivity contribution in [2.45, 2.75) is 41.6 Å². The van der Waals surface area contributed by atoms with Gasteiger partial charge in [0.2, 0.25) is 5.91 Å². The van der Waals surface area contributed by atoms with Crippen LogP contribution in [0, 0.1) is 0 Å². The van der Waals surface area contributed by atoms with Crippen LogP contribution in [-0.2, 0) is 21.5 Å². The van der Waals surface area contributed by atoms with Gasteiger partial charge in [0.15, 0.2) is 0 Å². The smallest absolute Gasteiger partial charge is 0.294 e. The van der Waals surface area contributed by atoms with Crippen molar-refractivity contribution in [3.05, 3.63) is 23.8 Å². The Morgan fingerprint density at radius 1 is 1.35 bits per heavy atom. The molecule has 1 atom stereocenters. The Balaban J connectivity index is 2.76. The molecule has 0 aliphatic heterocycles. The number of benzene rings is 1. The van der Waals surface area contributed by atoms with Crippen LogP contribution in [0.25, 0.3) is 0 Å². The number of rotatable bonds is 9. The molecule has 1 rings (SSSR count). The fourth-order valence-corrected chi connectivity index (χ4v) is 3.05. The van der Waals surface area contributed by atoms with Crippen molar-refractivity contribution in [3.8, 4) is 0 Å². The molecule has 1 aromatic rings. The maximum atomic E-state index is 11.9. The van der Waals surface area contributed by atoms with Crippen LogP contribution in [0.15, 0.2) is 28.0 Å². The zero-order chi connectivity index (χ0) is 17.5. The number of hydrogen-bond acceptors (Lipinski definition) is 7. The van der Waals surface area contributed by atoms with Gasteiger partial charge in [-0.25, -0.2) is 0 Å². The minimum Gasteiger partial charge on any atom is -0.351 e. The highest BCUT2D eigenvalue weighted by Gasteiger charge is 2.18. The zero-order valence-electron chi connectivity index (χ0n) is 12.4. The highest BCUT2D eigenvalue weighted by Crippen LogP contribution is 2.23. The van der Waals surface area contributed by atoms with E-state index in [0.29, 0.717) is 25.0 Å². The number of unbranched alkanes of at least 4 members (excludes halogenated alkanes) is 1. The van der Waals surface area contributed by atoms with Gasteiger partial charge in [-0.05, 0) is 37.1 Å². The first-order valence-corrected chi connectivity index (χ1v) is 9.16. The number of hydrogen-bond donors (Lipinski definition) is 5. The van der Waals surface area contributed by atoms with E-state index in [0.717, 1.165) is 18.9 Å². The number of nitrogens with two attached hydrogens (primary N) is 2. The van der Waals surface area contributed by atoms with E-state index >= 15 is 0 Å². The summed E-state index contributed by atoms with van der Waals surface area (Å²) in [4.78, 5) is 11.8. The molecular weight excluding hydrogens is 342 g/mol. The average molecular weight is 363 g/mol. The Hall–Kier alpha value is -1.17. The molecule has 130 valence electrons. The quantitative estimate of drug-likeness (QED) is 0.242. The zero-order valence-corrected chi connectivity index (χ0v) is 14.1.